The zero-order valence-corrected chi connectivity index (χ0v) is 11.8. The minimum absolute atomic E-state index is 0.253. The summed E-state index contributed by atoms with van der Waals surface area (Å²) in [5.74, 6) is -0.132. The lowest BCUT2D eigenvalue weighted by Gasteiger charge is -2.02. The molecule has 96 valence electrons. The molecule has 0 aromatic carbocycles. The Morgan fingerprint density at radius 2 is 1.94 bits per heavy atom. The minimum atomic E-state index is -0.385. The van der Waals surface area contributed by atoms with E-state index in [0.29, 0.717) is 11.3 Å². The third kappa shape index (κ3) is 5.91. The number of unbranched alkanes of at least 4 members (excludes halogenated alkanes) is 5. The van der Waals surface area contributed by atoms with Crippen LogP contribution in [0.2, 0.25) is 0 Å². The van der Waals surface area contributed by atoms with Crippen molar-refractivity contribution in [2.24, 2.45) is 0 Å². The van der Waals surface area contributed by atoms with Gasteiger partial charge in [0.25, 0.3) is 0 Å². The van der Waals surface area contributed by atoms with Gasteiger partial charge in [0.2, 0.25) is 5.76 Å². The van der Waals surface area contributed by atoms with Crippen molar-refractivity contribution in [1.29, 1.82) is 0 Å². The van der Waals surface area contributed by atoms with Gasteiger partial charge in [0, 0.05) is 0 Å². The maximum Gasteiger partial charge on any atom is 0.374 e. The largest absolute Gasteiger partial charge is 0.460 e. The number of carbonyl (C=O) groups is 1. The van der Waals surface area contributed by atoms with Crippen LogP contribution in [-0.2, 0) is 4.74 Å². The second kappa shape index (κ2) is 8.34. The maximum atomic E-state index is 11.5. The van der Waals surface area contributed by atoms with Crippen LogP contribution in [0.1, 0.15) is 56.0 Å². The number of furan rings is 1. The number of halogens is 1. The molecule has 0 radical (unpaired) electrons. The number of hydrogen-bond acceptors (Lipinski definition) is 3. The van der Waals surface area contributed by atoms with Crippen LogP contribution in [0.3, 0.4) is 0 Å². The highest BCUT2D eigenvalue weighted by molar-refractivity contribution is 9.10. The number of hydrogen-bond donors (Lipinski definition) is 0. The summed E-state index contributed by atoms with van der Waals surface area (Å²) in [4.78, 5) is 11.5. The second-order valence-corrected chi connectivity index (χ2v) is 4.79. The van der Waals surface area contributed by atoms with Crippen molar-refractivity contribution >= 4 is 21.9 Å². The van der Waals surface area contributed by atoms with E-state index in [1.807, 2.05) is 0 Å². The summed E-state index contributed by atoms with van der Waals surface area (Å²) in [6.07, 6.45) is 7.09. The third-order valence-corrected chi connectivity index (χ3v) is 2.93. The SMILES string of the molecule is CCCCCCCCOC(=O)c1ccc(Br)o1. The molecular weight excluding hydrogens is 284 g/mol. The first kappa shape index (κ1) is 14.3. The number of carbonyl (C=O) groups excluding carboxylic acids is 1. The third-order valence-electron chi connectivity index (χ3n) is 2.51. The molecule has 0 aliphatic heterocycles. The van der Waals surface area contributed by atoms with Crippen molar-refractivity contribution in [2.75, 3.05) is 6.61 Å². The van der Waals surface area contributed by atoms with Crippen molar-refractivity contribution in [3.05, 3.63) is 22.6 Å². The highest BCUT2D eigenvalue weighted by Crippen LogP contribution is 2.15. The maximum absolute atomic E-state index is 11.5. The predicted molar refractivity (Wildman–Crippen MR) is 70.1 cm³/mol. The van der Waals surface area contributed by atoms with Gasteiger partial charge in [0.05, 0.1) is 6.61 Å². The van der Waals surface area contributed by atoms with Crippen molar-refractivity contribution in [3.8, 4) is 0 Å². The second-order valence-electron chi connectivity index (χ2n) is 4.01. The number of ether oxygens (including phenoxy) is 1. The smallest absolute Gasteiger partial charge is 0.374 e. The average molecular weight is 303 g/mol. The molecule has 3 nitrogen and oxygen atoms in total. The highest BCUT2D eigenvalue weighted by Gasteiger charge is 2.11. The molecule has 0 aliphatic rings. The van der Waals surface area contributed by atoms with E-state index in [1.54, 1.807) is 12.1 Å². The molecule has 0 fully saturated rings. The summed E-state index contributed by atoms with van der Waals surface area (Å²) >= 11 is 3.14. The van der Waals surface area contributed by atoms with Crippen molar-refractivity contribution in [1.82, 2.24) is 0 Å². The molecule has 4 heteroatoms. The first-order chi connectivity index (χ1) is 8.24. The predicted octanol–water partition coefficient (Wildman–Crippen LogP) is 4.56. The highest BCUT2D eigenvalue weighted by atomic mass is 79.9. The summed E-state index contributed by atoms with van der Waals surface area (Å²) < 4.78 is 10.7. The molecule has 0 N–H and O–H groups in total. The lowest BCUT2D eigenvalue weighted by Crippen LogP contribution is -2.05. The topological polar surface area (TPSA) is 39.4 Å². The van der Waals surface area contributed by atoms with Crippen LogP contribution < -0.4 is 0 Å². The van der Waals surface area contributed by atoms with Crippen LogP contribution in [-0.4, -0.2) is 12.6 Å². The minimum Gasteiger partial charge on any atom is -0.460 e. The van der Waals surface area contributed by atoms with Crippen LogP contribution in [0.25, 0.3) is 0 Å². The first-order valence-corrected chi connectivity index (χ1v) is 6.95. The van der Waals surface area contributed by atoms with Crippen molar-refractivity contribution < 1.29 is 13.9 Å². The van der Waals surface area contributed by atoms with Crippen LogP contribution in [0.4, 0.5) is 0 Å². The van der Waals surface area contributed by atoms with Gasteiger partial charge in [-0.1, -0.05) is 39.0 Å². The van der Waals surface area contributed by atoms with E-state index >= 15 is 0 Å². The van der Waals surface area contributed by atoms with Crippen LogP contribution >= 0.6 is 15.9 Å². The molecule has 0 unspecified atom stereocenters. The van der Waals surface area contributed by atoms with Crippen LogP contribution in [0.15, 0.2) is 21.2 Å². The first-order valence-electron chi connectivity index (χ1n) is 6.16. The van der Waals surface area contributed by atoms with E-state index in [0.717, 1.165) is 12.8 Å². The summed E-state index contributed by atoms with van der Waals surface area (Å²) in [6.45, 7) is 2.67. The molecule has 0 aliphatic carbocycles. The van der Waals surface area contributed by atoms with E-state index in [1.165, 1.54) is 25.7 Å². The molecule has 0 spiro atoms. The molecule has 1 heterocycles. The van der Waals surface area contributed by atoms with Gasteiger partial charge in [-0.15, -0.1) is 0 Å². The Balaban J connectivity index is 2.05. The molecule has 0 amide bonds. The Morgan fingerprint density at radius 1 is 1.24 bits per heavy atom. The van der Waals surface area contributed by atoms with Gasteiger partial charge in [0.15, 0.2) is 4.67 Å². The Kier molecular flexibility index (Phi) is 7.01. The average Bonchev–Trinajstić information content (AvgIpc) is 2.74. The van der Waals surface area contributed by atoms with Crippen LogP contribution in [0, 0.1) is 0 Å². The van der Waals surface area contributed by atoms with E-state index in [4.69, 9.17) is 9.15 Å². The zero-order valence-electron chi connectivity index (χ0n) is 10.2. The molecule has 0 bridgehead atoms. The fraction of sp³-hybridized carbons (Fsp3) is 0.615. The van der Waals surface area contributed by atoms with E-state index in [9.17, 15) is 4.79 Å². The van der Waals surface area contributed by atoms with Gasteiger partial charge >= 0.3 is 5.97 Å². The lowest BCUT2D eigenvalue weighted by molar-refractivity contribution is 0.0460. The monoisotopic (exact) mass is 302 g/mol. The zero-order chi connectivity index (χ0) is 12.5. The lowest BCUT2D eigenvalue weighted by atomic mass is 10.1. The van der Waals surface area contributed by atoms with Gasteiger partial charge in [-0.2, -0.15) is 0 Å². The molecular formula is C13H19BrO3. The molecule has 0 saturated carbocycles. The molecule has 1 rings (SSSR count). The standard InChI is InChI=1S/C13H19BrO3/c1-2-3-4-5-6-7-10-16-13(15)11-8-9-12(14)17-11/h8-9H,2-7,10H2,1H3. The Morgan fingerprint density at radius 3 is 2.59 bits per heavy atom. The molecule has 0 saturated heterocycles. The van der Waals surface area contributed by atoms with E-state index < -0.39 is 0 Å². The van der Waals surface area contributed by atoms with Gasteiger partial charge in [-0.3, -0.25) is 0 Å². The summed E-state index contributed by atoms with van der Waals surface area (Å²) in [5.41, 5.74) is 0. The van der Waals surface area contributed by atoms with Gasteiger partial charge in [0.1, 0.15) is 0 Å². The Hall–Kier alpha value is -0.770. The number of rotatable bonds is 8. The van der Waals surface area contributed by atoms with Gasteiger partial charge in [-0.05, 0) is 34.5 Å². The Labute approximate surface area is 111 Å². The van der Waals surface area contributed by atoms with Crippen molar-refractivity contribution in [2.45, 2.75) is 45.4 Å². The molecule has 17 heavy (non-hydrogen) atoms. The van der Waals surface area contributed by atoms with Gasteiger partial charge < -0.3 is 9.15 Å². The molecule has 1 aromatic heterocycles. The summed E-state index contributed by atoms with van der Waals surface area (Å²) in [6, 6.07) is 3.29. The fourth-order valence-corrected chi connectivity index (χ4v) is 1.85. The summed E-state index contributed by atoms with van der Waals surface area (Å²) in [5, 5.41) is 0. The molecule has 0 atom stereocenters. The normalized spacial score (nSPS) is 10.5. The van der Waals surface area contributed by atoms with E-state index in [-0.39, 0.29) is 11.7 Å². The van der Waals surface area contributed by atoms with Crippen molar-refractivity contribution in [3.63, 3.8) is 0 Å². The summed E-state index contributed by atoms with van der Waals surface area (Å²) in [7, 11) is 0. The van der Waals surface area contributed by atoms with Gasteiger partial charge in [-0.25, -0.2) is 4.79 Å². The number of esters is 1. The Bertz CT molecular complexity index is 333. The fourth-order valence-electron chi connectivity index (χ4n) is 1.54. The van der Waals surface area contributed by atoms with Crippen LogP contribution in [0.5, 0.6) is 0 Å². The molecule has 1 aromatic rings. The quantitative estimate of drug-likeness (QED) is 0.522. The van der Waals surface area contributed by atoms with E-state index in [2.05, 4.69) is 22.9 Å².